The molecule has 18 heavy (non-hydrogen) atoms. The zero-order chi connectivity index (χ0) is 14.1. The first kappa shape index (κ1) is 14.4. The normalized spacial score (nSPS) is 35.8. The number of hydrogen-bond donors (Lipinski definition) is 4. The number of carbonyl (C=O) groups is 3. The van der Waals surface area contributed by atoms with Crippen molar-refractivity contribution in [3.05, 3.63) is 0 Å². The lowest BCUT2D eigenvalue weighted by Gasteiger charge is -2.43. The third kappa shape index (κ3) is 2.75. The average Bonchev–Trinajstić information content (AvgIpc) is 2.20. The van der Waals surface area contributed by atoms with Crippen LogP contribution in [0.1, 0.15) is 13.3 Å². The molecule has 0 aromatic carbocycles. The van der Waals surface area contributed by atoms with Crippen LogP contribution >= 0.6 is 0 Å². The van der Waals surface area contributed by atoms with E-state index in [1.165, 1.54) is 0 Å². The summed E-state index contributed by atoms with van der Waals surface area (Å²) in [6, 6.07) is -1.36. The van der Waals surface area contributed by atoms with E-state index in [0.717, 1.165) is 6.92 Å². The molecular weight excluding hydrogens is 250 g/mol. The molecule has 1 aliphatic rings. The molecule has 0 saturated carbocycles. The minimum absolute atomic E-state index is 0.632. The van der Waals surface area contributed by atoms with Crippen LogP contribution in [-0.2, 0) is 19.1 Å². The molecular formula is C9H12NO8-. The van der Waals surface area contributed by atoms with Gasteiger partial charge in [0.25, 0.3) is 0 Å². The highest BCUT2D eigenvalue weighted by atomic mass is 16.7. The quantitative estimate of drug-likeness (QED) is 0.403. The Balaban J connectivity index is 3.00. The van der Waals surface area contributed by atoms with Gasteiger partial charge in [0.15, 0.2) is 6.10 Å². The van der Waals surface area contributed by atoms with E-state index in [9.17, 15) is 29.7 Å². The Morgan fingerprint density at radius 3 is 2.39 bits per heavy atom. The van der Waals surface area contributed by atoms with Gasteiger partial charge in [-0.3, -0.25) is 4.79 Å². The van der Waals surface area contributed by atoms with E-state index in [2.05, 4.69) is 10.1 Å². The van der Waals surface area contributed by atoms with E-state index in [-0.39, 0.29) is 0 Å². The van der Waals surface area contributed by atoms with Gasteiger partial charge in [-0.1, -0.05) is 0 Å². The van der Waals surface area contributed by atoms with E-state index in [1.54, 1.807) is 0 Å². The molecule has 1 saturated heterocycles. The van der Waals surface area contributed by atoms with Crippen molar-refractivity contribution in [2.24, 2.45) is 0 Å². The molecule has 1 aliphatic heterocycles. The van der Waals surface area contributed by atoms with Crippen LogP contribution in [0.4, 0.5) is 0 Å². The zero-order valence-electron chi connectivity index (χ0n) is 9.32. The van der Waals surface area contributed by atoms with Gasteiger partial charge in [-0.15, -0.1) is 0 Å². The Kier molecular flexibility index (Phi) is 3.89. The molecule has 0 aliphatic carbocycles. The van der Waals surface area contributed by atoms with E-state index in [0.29, 0.717) is 0 Å². The van der Waals surface area contributed by atoms with Crippen molar-refractivity contribution in [1.82, 2.24) is 5.32 Å². The second-order valence-corrected chi connectivity index (χ2v) is 3.95. The number of aliphatic carboxylic acids is 2. The minimum Gasteiger partial charge on any atom is -0.544 e. The fourth-order valence-corrected chi connectivity index (χ4v) is 1.69. The van der Waals surface area contributed by atoms with E-state index < -0.39 is 48.3 Å². The third-order valence-corrected chi connectivity index (χ3v) is 2.48. The monoisotopic (exact) mass is 262 g/mol. The summed E-state index contributed by atoms with van der Waals surface area (Å²) in [5, 5.41) is 40.7. The summed E-state index contributed by atoms with van der Waals surface area (Å²) in [5.74, 6) is -7.23. The molecule has 0 bridgehead atoms. The molecule has 4 N–H and O–H groups in total. The average molecular weight is 262 g/mol. The van der Waals surface area contributed by atoms with Gasteiger partial charge in [-0.2, -0.15) is 0 Å². The highest BCUT2D eigenvalue weighted by Crippen LogP contribution is 2.27. The second kappa shape index (κ2) is 4.88. The van der Waals surface area contributed by atoms with Crippen LogP contribution in [0.2, 0.25) is 0 Å². The molecule has 9 heteroatoms. The lowest BCUT2D eigenvalue weighted by molar-refractivity contribution is -0.367. The summed E-state index contributed by atoms with van der Waals surface area (Å²) in [5.41, 5.74) is 0. The van der Waals surface area contributed by atoms with Crippen molar-refractivity contribution in [3.8, 4) is 0 Å². The number of hydrogen-bond acceptors (Lipinski definition) is 7. The van der Waals surface area contributed by atoms with Crippen molar-refractivity contribution in [2.75, 3.05) is 0 Å². The van der Waals surface area contributed by atoms with Crippen LogP contribution in [0.3, 0.4) is 0 Å². The van der Waals surface area contributed by atoms with Crippen molar-refractivity contribution < 1.29 is 39.5 Å². The lowest BCUT2D eigenvalue weighted by Crippen LogP contribution is -2.67. The SMILES string of the molecule is CC(=O)N[C@@H]1[C@@H](O)C[C@](O)(C(=O)[O-])O[C@H]1C(=O)O. The third-order valence-electron chi connectivity index (χ3n) is 2.48. The molecule has 0 aromatic rings. The van der Waals surface area contributed by atoms with Gasteiger partial charge in [0.05, 0.1) is 12.1 Å². The van der Waals surface area contributed by atoms with E-state index >= 15 is 0 Å². The number of carboxylic acids is 2. The van der Waals surface area contributed by atoms with Crippen molar-refractivity contribution in [1.29, 1.82) is 0 Å². The molecule has 1 fully saturated rings. The van der Waals surface area contributed by atoms with Crippen molar-refractivity contribution in [2.45, 2.75) is 37.4 Å². The summed E-state index contributed by atoms with van der Waals surface area (Å²) < 4.78 is 4.50. The fraction of sp³-hybridized carbons (Fsp3) is 0.667. The molecule has 0 unspecified atom stereocenters. The zero-order valence-corrected chi connectivity index (χ0v) is 9.32. The predicted octanol–water partition coefficient (Wildman–Crippen LogP) is -3.84. The molecule has 1 rings (SSSR count). The maximum absolute atomic E-state index is 10.9. The van der Waals surface area contributed by atoms with Crippen LogP contribution in [-0.4, -0.2) is 57.2 Å². The Morgan fingerprint density at radius 1 is 1.44 bits per heavy atom. The number of rotatable bonds is 3. The minimum atomic E-state index is -2.91. The van der Waals surface area contributed by atoms with Gasteiger partial charge in [0, 0.05) is 13.3 Å². The summed E-state index contributed by atoms with van der Waals surface area (Å²) in [7, 11) is 0. The molecule has 1 amide bonds. The number of ether oxygens (including phenoxy) is 1. The molecule has 9 nitrogen and oxygen atoms in total. The Hall–Kier alpha value is -1.71. The molecule has 0 aromatic heterocycles. The summed E-state index contributed by atoms with van der Waals surface area (Å²) >= 11 is 0. The topological polar surface area (TPSA) is 156 Å². The number of amides is 1. The smallest absolute Gasteiger partial charge is 0.335 e. The number of nitrogens with one attached hydrogen (secondary N) is 1. The van der Waals surface area contributed by atoms with Gasteiger partial charge in [0.1, 0.15) is 5.97 Å². The first-order chi connectivity index (χ1) is 8.17. The fourth-order valence-electron chi connectivity index (χ4n) is 1.69. The first-order valence-corrected chi connectivity index (χ1v) is 4.97. The number of aliphatic hydroxyl groups is 2. The lowest BCUT2D eigenvalue weighted by atomic mass is 9.93. The van der Waals surface area contributed by atoms with Crippen LogP contribution in [0.5, 0.6) is 0 Å². The summed E-state index contributed by atoms with van der Waals surface area (Å²) in [4.78, 5) is 32.4. The van der Waals surface area contributed by atoms with Gasteiger partial charge < -0.3 is 35.3 Å². The largest absolute Gasteiger partial charge is 0.544 e. The maximum atomic E-state index is 10.9. The Morgan fingerprint density at radius 2 is 2.00 bits per heavy atom. The Bertz CT molecular complexity index is 383. The number of carboxylic acid groups (broad SMARTS) is 2. The Labute approximate surface area is 101 Å². The molecule has 4 atom stereocenters. The predicted molar refractivity (Wildman–Crippen MR) is 50.7 cm³/mol. The first-order valence-electron chi connectivity index (χ1n) is 4.97. The van der Waals surface area contributed by atoms with Gasteiger partial charge >= 0.3 is 5.97 Å². The van der Waals surface area contributed by atoms with E-state index in [4.69, 9.17) is 5.11 Å². The molecule has 0 radical (unpaired) electrons. The van der Waals surface area contributed by atoms with Gasteiger partial charge in [0.2, 0.25) is 11.7 Å². The van der Waals surface area contributed by atoms with Crippen LogP contribution in [0, 0.1) is 0 Å². The van der Waals surface area contributed by atoms with Crippen LogP contribution in [0.15, 0.2) is 0 Å². The van der Waals surface area contributed by atoms with Crippen LogP contribution < -0.4 is 10.4 Å². The highest BCUT2D eigenvalue weighted by molar-refractivity contribution is 5.79. The number of carbonyl (C=O) groups excluding carboxylic acids is 2. The van der Waals surface area contributed by atoms with E-state index in [1.807, 2.05) is 0 Å². The van der Waals surface area contributed by atoms with Gasteiger partial charge in [-0.25, -0.2) is 4.79 Å². The second-order valence-electron chi connectivity index (χ2n) is 3.95. The maximum Gasteiger partial charge on any atom is 0.335 e. The molecule has 1 heterocycles. The number of aliphatic hydroxyl groups excluding tert-OH is 1. The van der Waals surface area contributed by atoms with Gasteiger partial charge in [-0.05, 0) is 0 Å². The standard InChI is InChI=1S/C9H13NO8/c1-3(11)10-5-4(12)2-9(17,8(15)16)18-6(5)7(13)14/h4-6,12,17H,2H2,1H3,(H,10,11)(H,13,14)(H,15,16)/p-1/t4-,5+,6+,9+/m0/s1. The summed E-state index contributed by atoms with van der Waals surface area (Å²) in [6.07, 6.45) is -4.32. The molecule has 0 spiro atoms. The highest BCUT2D eigenvalue weighted by Gasteiger charge is 2.50. The van der Waals surface area contributed by atoms with Crippen LogP contribution in [0.25, 0.3) is 0 Å². The van der Waals surface area contributed by atoms with Crippen molar-refractivity contribution in [3.63, 3.8) is 0 Å². The van der Waals surface area contributed by atoms with Crippen molar-refractivity contribution >= 4 is 17.8 Å². The summed E-state index contributed by atoms with van der Waals surface area (Å²) in [6.45, 7) is 1.09. The molecule has 102 valence electrons.